The average Bonchev–Trinajstić information content (AvgIpc) is 2.91. The SMILES string of the molecule is CCc1cc(C(=O)N2CCC(CC)(CC)C2)cc(Cl)n1. The van der Waals surface area contributed by atoms with Gasteiger partial charge < -0.3 is 4.90 Å². The van der Waals surface area contributed by atoms with E-state index in [9.17, 15) is 4.79 Å². The first-order valence-electron chi connectivity index (χ1n) is 7.49. The molecule has 0 unspecified atom stereocenters. The molecule has 4 heteroatoms. The molecule has 0 bridgehead atoms. The molecule has 1 aromatic heterocycles. The average molecular weight is 295 g/mol. The fourth-order valence-corrected chi connectivity index (χ4v) is 3.20. The highest BCUT2D eigenvalue weighted by Gasteiger charge is 2.37. The molecule has 0 saturated carbocycles. The largest absolute Gasteiger partial charge is 0.338 e. The number of rotatable bonds is 4. The molecule has 0 aromatic carbocycles. The molecule has 1 saturated heterocycles. The van der Waals surface area contributed by atoms with Gasteiger partial charge in [-0.3, -0.25) is 4.79 Å². The number of aromatic nitrogens is 1. The number of carbonyl (C=O) groups excluding carboxylic acids is 1. The second kappa shape index (κ2) is 6.13. The Balaban J connectivity index is 2.19. The molecule has 110 valence electrons. The van der Waals surface area contributed by atoms with E-state index in [1.807, 2.05) is 17.9 Å². The standard InChI is InChI=1S/C16H23ClN2O/c1-4-13-9-12(10-14(17)18-13)15(20)19-8-7-16(5-2,6-3)11-19/h9-10H,4-8,11H2,1-3H3. The van der Waals surface area contributed by atoms with Crippen LogP contribution in [-0.2, 0) is 6.42 Å². The minimum absolute atomic E-state index is 0.0905. The lowest BCUT2D eigenvalue weighted by Gasteiger charge is -2.26. The third kappa shape index (κ3) is 2.98. The van der Waals surface area contributed by atoms with Gasteiger partial charge in [0.05, 0.1) is 0 Å². The van der Waals surface area contributed by atoms with Crippen LogP contribution in [-0.4, -0.2) is 28.9 Å². The lowest BCUT2D eigenvalue weighted by molar-refractivity contribution is 0.0769. The molecule has 3 nitrogen and oxygen atoms in total. The van der Waals surface area contributed by atoms with Gasteiger partial charge in [0.25, 0.3) is 5.91 Å². The fraction of sp³-hybridized carbons (Fsp3) is 0.625. The zero-order chi connectivity index (χ0) is 14.8. The number of aryl methyl sites for hydroxylation is 1. The monoisotopic (exact) mass is 294 g/mol. The van der Waals surface area contributed by atoms with Crippen LogP contribution in [0.25, 0.3) is 0 Å². The summed E-state index contributed by atoms with van der Waals surface area (Å²) in [5, 5.41) is 0.407. The van der Waals surface area contributed by atoms with E-state index >= 15 is 0 Å². The van der Waals surface area contributed by atoms with E-state index in [4.69, 9.17) is 11.6 Å². The van der Waals surface area contributed by atoms with Gasteiger partial charge >= 0.3 is 0 Å². The minimum atomic E-state index is 0.0905. The first-order chi connectivity index (χ1) is 9.53. The second-order valence-electron chi connectivity index (χ2n) is 5.71. The Labute approximate surface area is 126 Å². The molecule has 0 atom stereocenters. The molecular weight excluding hydrogens is 272 g/mol. The van der Waals surface area contributed by atoms with Crippen molar-refractivity contribution in [2.75, 3.05) is 13.1 Å². The molecule has 0 spiro atoms. The molecule has 1 aliphatic heterocycles. The Hall–Kier alpha value is -1.09. The Bertz CT molecular complexity index is 497. The Morgan fingerprint density at radius 2 is 2.05 bits per heavy atom. The predicted molar refractivity (Wildman–Crippen MR) is 82.2 cm³/mol. The van der Waals surface area contributed by atoms with Gasteiger partial charge in [-0.2, -0.15) is 0 Å². The van der Waals surface area contributed by atoms with Crippen LogP contribution in [0.3, 0.4) is 0 Å². The van der Waals surface area contributed by atoms with Crippen molar-refractivity contribution in [3.63, 3.8) is 0 Å². The quantitative estimate of drug-likeness (QED) is 0.788. The number of nitrogens with zero attached hydrogens (tertiary/aromatic N) is 2. The summed E-state index contributed by atoms with van der Waals surface area (Å²) >= 11 is 6.01. The summed E-state index contributed by atoms with van der Waals surface area (Å²) < 4.78 is 0. The summed E-state index contributed by atoms with van der Waals surface area (Å²) in [5.74, 6) is 0.0905. The molecule has 2 heterocycles. The fourth-order valence-electron chi connectivity index (χ4n) is 2.97. The topological polar surface area (TPSA) is 33.2 Å². The van der Waals surface area contributed by atoms with Gasteiger partial charge in [0.1, 0.15) is 5.15 Å². The third-order valence-electron chi connectivity index (χ3n) is 4.68. The van der Waals surface area contributed by atoms with Gasteiger partial charge in [0, 0.05) is 24.3 Å². The van der Waals surface area contributed by atoms with Crippen molar-refractivity contribution in [3.05, 3.63) is 28.5 Å². The van der Waals surface area contributed by atoms with Crippen LogP contribution in [0.2, 0.25) is 5.15 Å². The number of amides is 1. The number of hydrogen-bond acceptors (Lipinski definition) is 2. The Morgan fingerprint density at radius 1 is 1.35 bits per heavy atom. The van der Waals surface area contributed by atoms with Gasteiger partial charge in [-0.15, -0.1) is 0 Å². The number of hydrogen-bond donors (Lipinski definition) is 0. The van der Waals surface area contributed by atoms with Gasteiger partial charge in [-0.25, -0.2) is 4.98 Å². The van der Waals surface area contributed by atoms with Crippen molar-refractivity contribution >= 4 is 17.5 Å². The summed E-state index contributed by atoms with van der Waals surface area (Å²) in [5.41, 5.74) is 1.85. The van der Waals surface area contributed by atoms with Crippen molar-refractivity contribution in [2.24, 2.45) is 5.41 Å². The van der Waals surface area contributed by atoms with Crippen molar-refractivity contribution < 1.29 is 4.79 Å². The molecule has 1 fully saturated rings. The summed E-state index contributed by atoms with van der Waals surface area (Å²) in [7, 11) is 0. The Kier molecular flexibility index (Phi) is 4.69. The summed E-state index contributed by atoms with van der Waals surface area (Å²) in [6.45, 7) is 8.16. The highest BCUT2D eigenvalue weighted by molar-refractivity contribution is 6.29. The summed E-state index contributed by atoms with van der Waals surface area (Å²) in [6.07, 6.45) is 4.15. The van der Waals surface area contributed by atoms with E-state index in [0.717, 1.165) is 44.5 Å². The van der Waals surface area contributed by atoms with Crippen LogP contribution in [0.15, 0.2) is 12.1 Å². The van der Waals surface area contributed by atoms with Gasteiger partial charge in [-0.05, 0) is 43.2 Å². The number of halogens is 1. The number of carbonyl (C=O) groups is 1. The zero-order valence-corrected chi connectivity index (χ0v) is 13.3. The number of pyridine rings is 1. The van der Waals surface area contributed by atoms with Crippen molar-refractivity contribution in [3.8, 4) is 0 Å². The maximum atomic E-state index is 12.6. The Morgan fingerprint density at radius 3 is 2.60 bits per heavy atom. The second-order valence-corrected chi connectivity index (χ2v) is 6.09. The van der Waals surface area contributed by atoms with Crippen LogP contribution in [0.4, 0.5) is 0 Å². The molecule has 1 amide bonds. The van der Waals surface area contributed by atoms with E-state index < -0.39 is 0 Å². The van der Waals surface area contributed by atoms with E-state index in [1.165, 1.54) is 0 Å². The van der Waals surface area contributed by atoms with E-state index in [0.29, 0.717) is 16.1 Å². The molecule has 20 heavy (non-hydrogen) atoms. The maximum Gasteiger partial charge on any atom is 0.254 e. The van der Waals surface area contributed by atoms with Crippen molar-refractivity contribution in [1.29, 1.82) is 0 Å². The zero-order valence-electron chi connectivity index (χ0n) is 12.6. The normalized spacial score (nSPS) is 17.5. The van der Waals surface area contributed by atoms with E-state index in [1.54, 1.807) is 6.07 Å². The van der Waals surface area contributed by atoms with Crippen LogP contribution in [0, 0.1) is 5.41 Å². The predicted octanol–water partition coefficient (Wildman–Crippen LogP) is 3.95. The smallest absolute Gasteiger partial charge is 0.254 e. The van der Waals surface area contributed by atoms with Gasteiger partial charge in [0.2, 0.25) is 0 Å². The van der Waals surface area contributed by atoms with Crippen molar-refractivity contribution in [2.45, 2.75) is 46.5 Å². The van der Waals surface area contributed by atoms with Crippen LogP contribution in [0.5, 0.6) is 0 Å². The van der Waals surface area contributed by atoms with Crippen LogP contribution >= 0.6 is 11.6 Å². The molecule has 0 radical (unpaired) electrons. The van der Waals surface area contributed by atoms with Crippen LogP contribution < -0.4 is 0 Å². The molecule has 1 aliphatic rings. The molecule has 0 aliphatic carbocycles. The lowest BCUT2D eigenvalue weighted by Crippen LogP contribution is -2.31. The molecule has 2 rings (SSSR count). The van der Waals surface area contributed by atoms with Gasteiger partial charge in [-0.1, -0.05) is 32.4 Å². The maximum absolute atomic E-state index is 12.6. The summed E-state index contributed by atoms with van der Waals surface area (Å²) in [6, 6.07) is 3.55. The van der Waals surface area contributed by atoms with Crippen molar-refractivity contribution in [1.82, 2.24) is 9.88 Å². The first-order valence-corrected chi connectivity index (χ1v) is 7.87. The van der Waals surface area contributed by atoms with E-state index in [2.05, 4.69) is 18.8 Å². The number of likely N-dealkylation sites (tertiary alicyclic amines) is 1. The highest BCUT2D eigenvalue weighted by Crippen LogP contribution is 2.37. The van der Waals surface area contributed by atoms with Gasteiger partial charge in [0.15, 0.2) is 0 Å². The lowest BCUT2D eigenvalue weighted by atomic mass is 9.82. The third-order valence-corrected chi connectivity index (χ3v) is 4.88. The first kappa shape index (κ1) is 15.3. The molecule has 0 N–H and O–H groups in total. The molecular formula is C16H23ClN2O. The summed E-state index contributed by atoms with van der Waals surface area (Å²) in [4.78, 5) is 18.8. The van der Waals surface area contributed by atoms with E-state index in [-0.39, 0.29) is 5.91 Å². The van der Waals surface area contributed by atoms with Crippen LogP contribution in [0.1, 0.15) is 56.1 Å². The molecule has 1 aromatic rings. The minimum Gasteiger partial charge on any atom is -0.338 e. The highest BCUT2D eigenvalue weighted by atomic mass is 35.5.